The molecule has 0 spiro atoms. The number of sulfone groups is 1. The van der Waals surface area contributed by atoms with Gasteiger partial charge in [0.2, 0.25) is 5.91 Å². The number of hydrogen-bond donors (Lipinski definition) is 1. The molecule has 0 radical (unpaired) electrons. The molecule has 1 amide bonds. The second-order valence-electron chi connectivity index (χ2n) is 6.24. The molecular weight excluding hydrogens is 368 g/mol. The summed E-state index contributed by atoms with van der Waals surface area (Å²) < 4.78 is 24.0. The molecule has 2 heterocycles. The van der Waals surface area contributed by atoms with Crippen molar-refractivity contribution in [2.45, 2.75) is 6.42 Å². The summed E-state index contributed by atoms with van der Waals surface area (Å²) in [4.78, 5) is 16.8. The molecule has 5 nitrogen and oxygen atoms in total. The Morgan fingerprint density at radius 1 is 1.19 bits per heavy atom. The number of nitrogens with zero attached hydrogens (tertiary/aromatic N) is 1. The molecule has 0 unspecified atom stereocenters. The van der Waals surface area contributed by atoms with Gasteiger partial charge in [-0.25, -0.2) is 13.4 Å². The first kappa shape index (κ1) is 16.9. The highest BCUT2D eigenvalue weighted by Gasteiger charge is 2.23. The lowest BCUT2D eigenvalue weighted by Gasteiger charge is -2.09. The van der Waals surface area contributed by atoms with E-state index < -0.39 is 9.84 Å². The van der Waals surface area contributed by atoms with Crippen LogP contribution < -0.4 is 5.32 Å². The van der Waals surface area contributed by atoms with Gasteiger partial charge in [0, 0.05) is 29.0 Å². The zero-order chi connectivity index (χ0) is 18.1. The number of rotatable bonds is 4. The van der Waals surface area contributed by atoms with Crippen LogP contribution in [0.15, 0.2) is 60.0 Å². The minimum absolute atomic E-state index is 0.00612. The summed E-state index contributed by atoms with van der Waals surface area (Å²) in [5.74, 6) is -0.447. The number of fused-ring (bicyclic) bond motifs is 1. The fourth-order valence-corrected chi connectivity index (χ4v) is 5.30. The maximum Gasteiger partial charge on any atom is 0.224 e. The molecule has 1 N–H and O–H groups in total. The SMILES string of the molecule is O=C(C[C@H]1C=CS(=O)(=O)C1)Nc1cccc(-c2nc3ccccc3s2)c1. The van der Waals surface area contributed by atoms with E-state index in [1.54, 1.807) is 17.4 Å². The van der Waals surface area contributed by atoms with Gasteiger partial charge in [-0.05, 0) is 24.3 Å². The molecule has 0 aliphatic carbocycles. The van der Waals surface area contributed by atoms with Crippen LogP contribution in [0.1, 0.15) is 6.42 Å². The van der Waals surface area contributed by atoms with Crippen molar-refractivity contribution in [3.05, 3.63) is 60.0 Å². The first-order chi connectivity index (χ1) is 12.5. The number of benzene rings is 2. The van der Waals surface area contributed by atoms with Crippen LogP contribution in [0, 0.1) is 5.92 Å². The normalized spacial score (nSPS) is 18.2. The monoisotopic (exact) mass is 384 g/mol. The van der Waals surface area contributed by atoms with Gasteiger partial charge in [0.05, 0.1) is 16.0 Å². The maximum atomic E-state index is 12.2. The van der Waals surface area contributed by atoms with Crippen molar-refractivity contribution in [1.29, 1.82) is 0 Å². The van der Waals surface area contributed by atoms with Gasteiger partial charge in [-0.15, -0.1) is 11.3 Å². The van der Waals surface area contributed by atoms with Crippen LogP contribution in [-0.4, -0.2) is 25.1 Å². The highest BCUT2D eigenvalue weighted by Crippen LogP contribution is 2.31. The summed E-state index contributed by atoms with van der Waals surface area (Å²) >= 11 is 1.60. The van der Waals surface area contributed by atoms with Crippen LogP contribution in [0.2, 0.25) is 0 Å². The molecule has 26 heavy (non-hydrogen) atoms. The smallest absolute Gasteiger partial charge is 0.224 e. The minimum atomic E-state index is -3.14. The first-order valence-electron chi connectivity index (χ1n) is 8.15. The lowest BCUT2D eigenvalue weighted by molar-refractivity contribution is -0.116. The summed E-state index contributed by atoms with van der Waals surface area (Å²) in [5, 5.41) is 4.94. The van der Waals surface area contributed by atoms with E-state index in [1.807, 2.05) is 48.5 Å². The Labute approximate surface area is 155 Å². The van der Waals surface area contributed by atoms with Crippen LogP contribution in [-0.2, 0) is 14.6 Å². The molecule has 0 bridgehead atoms. The largest absolute Gasteiger partial charge is 0.326 e. The van der Waals surface area contributed by atoms with Gasteiger partial charge >= 0.3 is 0 Å². The van der Waals surface area contributed by atoms with E-state index in [0.29, 0.717) is 5.69 Å². The summed E-state index contributed by atoms with van der Waals surface area (Å²) in [6.07, 6.45) is 1.74. The van der Waals surface area contributed by atoms with Crippen LogP contribution >= 0.6 is 11.3 Å². The molecule has 132 valence electrons. The molecule has 1 atom stereocenters. The van der Waals surface area contributed by atoms with E-state index in [1.165, 1.54) is 5.41 Å². The van der Waals surface area contributed by atoms with Gasteiger partial charge in [0.25, 0.3) is 0 Å². The number of anilines is 1. The van der Waals surface area contributed by atoms with Gasteiger partial charge in [0.15, 0.2) is 9.84 Å². The zero-order valence-electron chi connectivity index (χ0n) is 13.8. The Balaban J connectivity index is 1.49. The average molecular weight is 384 g/mol. The van der Waals surface area contributed by atoms with E-state index in [2.05, 4.69) is 10.3 Å². The molecular formula is C19H16N2O3S2. The van der Waals surface area contributed by atoms with E-state index in [4.69, 9.17) is 0 Å². The third-order valence-electron chi connectivity index (χ3n) is 4.14. The molecule has 7 heteroatoms. The van der Waals surface area contributed by atoms with E-state index in [9.17, 15) is 13.2 Å². The summed E-state index contributed by atoms with van der Waals surface area (Å²) in [6, 6.07) is 15.5. The predicted molar refractivity (Wildman–Crippen MR) is 105 cm³/mol. The van der Waals surface area contributed by atoms with Crippen molar-refractivity contribution in [2.75, 3.05) is 11.1 Å². The number of aromatic nitrogens is 1. The van der Waals surface area contributed by atoms with Gasteiger partial charge in [-0.1, -0.05) is 30.3 Å². The van der Waals surface area contributed by atoms with Gasteiger partial charge < -0.3 is 5.32 Å². The van der Waals surface area contributed by atoms with Crippen LogP contribution in [0.3, 0.4) is 0 Å². The van der Waals surface area contributed by atoms with E-state index >= 15 is 0 Å². The van der Waals surface area contributed by atoms with Crippen molar-refractivity contribution in [1.82, 2.24) is 4.98 Å². The quantitative estimate of drug-likeness (QED) is 0.741. The molecule has 1 aliphatic heterocycles. The second kappa shape index (κ2) is 6.66. The lowest BCUT2D eigenvalue weighted by Crippen LogP contribution is -2.17. The molecule has 0 saturated carbocycles. The van der Waals surface area contributed by atoms with Gasteiger partial charge in [-0.2, -0.15) is 0 Å². The number of amides is 1. The molecule has 1 aromatic heterocycles. The van der Waals surface area contributed by atoms with E-state index in [0.717, 1.165) is 20.8 Å². The predicted octanol–water partition coefficient (Wildman–Crippen LogP) is 3.85. The maximum absolute atomic E-state index is 12.2. The highest BCUT2D eigenvalue weighted by molar-refractivity contribution is 7.94. The van der Waals surface area contributed by atoms with Crippen LogP contribution in [0.5, 0.6) is 0 Å². The zero-order valence-corrected chi connectivity index (χ0v) is 15.4. The standard InChI is InChI=1S/C19H16N2O3S2/c22-18(10-13-8-9-26(23,24)12-13)20-15-5-3-4-14(11-15)19-21-16-6-1-2-7-17(16)25-19/h1-9,11,13H,10,12H2,(H,20,22)/t13-/m1/s1. The molecule has 0 fully saturated rings. The van der Waals surface area contributed by atoms with Crippen molar-refractivity contribution in [3.8, 4) is 10.6 Å². The fraction of sp³-hybridized carbons (Fsp3) is 0.158. The summed E-state index contributed by atoms with van der Waals surface area (Å²) in [5.41, 5.74) is 2.57. The summed E-state index contributed by atoms with van der Waals surface area (Å²) in [7, 11) is -3.14. The number of thiazole rings is 1. The third kappa shape index (κ3) is 3.68. The molecule has 2 aromatic carbocycles. The number of allylic oxidation sites excluding steroid dienone is 1. The van der Waals surface area contributed by atoms with Gasteiger partial charge in [0.1, 0.15) is 5.01 Å². The Morgan fingerprint density at radius 3 is 2.81 bits per heavy atom. The van der Waals surface area contributed by atoms with Crippen molar-refractivity contribution in [3.63, 3.8) is 0 Å². The Morgan fingerprint density at radius 2 is 2.04 bits per heavy atom. The number of hydrogen-bond acceptors (Lipinski definition) is 5. The van der Waals surface area contributed by atoms with Crippen molar-refractivity contribution >= 4 is 43.0 Å². The second-order valence-corrected chi connectivity index (χ2v) is 9.20. The third-order valence-corrected chi connectivity index (χ3v) is 6.69. The number of para-hydroxylation sites is 1. The molecule has 1 aliphatic rings. The number of nitrogens with one attached hydrogen (secondary N) is 1. The summed E-state index contributed by atoms with van der Waals surface area (Å²) in [6.45, 7) is 0. The Hall–Kier alpha value is -2.51. The van der Waals surface area contributed by atoms with Crippen LogP contribution in [0.4, 0.5) is 5.69 Å². The Bertz CT molecular complexity index is 1080. The number of carbonyl (C=O) groups excluding carboxylic acids is 1. The van der Waals surface area contributed by atoms with Gasteiger partial charge in [-0.3, -0.25) is 4.79 Å². The molecule has 3 aromatic rings. The van der Waals surface area contributed by atoms with Crippen LogP contribution in [0.25, 0.3) is 20.8 Å². The van der Waals surface area contributed by atoms with Crippen molar-refractivity contribution < 1.29 is 13.2 Å². The minimum Gasteiger partial charge on any atom is -0.326 e. The molecule has 4 rings (SSSR count). The number of carbonyl (C=O) groups is 1. The molecule has 0 saturated heterocycles. The fourth-order valence-electron chi connectivity index (χ4n) is 2.94. The lowest BCUT2D eigenvalue weighted by atomic mass is 10.1. The average Bonchev–Trinajstić information content (AvgIpc) is 3.18. The first-order valence-corrected chi connectivity index (χ1v) is 10.7. The van der Waals surface area contributed by atoms with E-state index in [-0.39, 0.29) is 24.0 Å². The van der Waals surface area contributed by atoms with Crippen molar-refractivity contribution in [2.24, 2.45) is 5.92 Å². The topological polar surface area (TPSA) is 76.1 Å². The Kier molecular flexibility index (Phi) is 4.34. The highest BCUT2D eigenvalue weighted by atomic mass is 32.2.